The van der Waals surface area contributed by atoms with Crippen LogP contribution in [0.5, 0.6) is 0 Å². The highest BCUT2D eigenvalue weighted by molar-refractivity contribution is 5.94. The van der Waals surface area contributed by atoms with Gasteiger partial charge in [-0.3, -0.25) is 9.59 Å². The predicted octanol–water partition coefficient (Wildman–Crippen LogP) is 3.57. The van der Waals surface area contributed by atoms with Crippen molar-refractivity contribution in [3.63, 3.8) is 0 Å². The van der Waals surface area contributed by atoms with Crippen LogP contribution in [-0.4, -0.2) is 34.4 Å². The van der Waals surface area contributed by atoms with E-state index in [1.807, 2.05) is 49.4 Å². The minimum atomic E-state index is -0.274. The van der Waals surface area contributed by atoms with Gasteiger partial charge in [-0.1, -0.05) is 36.8 Å². The molecule has 1 heterocycles. The van der Waals surface area contributed by atoms with Gasteiger partial charge in [-0.05, 0) is 56.0 Å². The Morgan fingerprint density at radius 2 is 1.82 bits per heavy atom. The summed E-state index contributed by atoms with van der Waals surface area (Å²) >= 11 is 0. The molecule has 0 radical (unpaired) electrons. The third-order valence-corrected chi connectivity index (χ3v) is 6.12. The van der Waals surface area contributed by atoms with Crippen LogP contribution in [0.15, 0.2) is 60.8 Å². The summed E-state index contributed by atoms with van der Waals surface area (Å²) in [5.74, 6) is 0.550. The fourth-order valence-electron chi connectivity index (χ4n) is 4.20. The minimum absolute atomic E-state index is 0.0152. The summed E-state index contributed by atoms with van der Waals surface area (Å²) < 4.78 is 0. The molecule has 1 aliphatic carbocycles. The van der Waals surface area contributed by atoms with E-state index >= 15 is 0 Å². The molecule has 3 aromatic rings. The fraction of sp³-hybridized carbons (Fsp3) is 0.308. The van der Waals surface area contributed by atoms with Crippen molar-refractivity contribution in [2.45, 2.75) is 38.6 Å². The Bertz CT molecular complexity index is 1130. The molecule has 2 atom stereocenters. The number of primary amides is 1. The van der Waals surface area contributed by atoms with Gasteiger partial charge >= 0.3 is 0 Å². The van der Waals surface area contributed by atoms with Gasteiger partial charge in [-0.25, -0.2) is 4.98 Å². The lowest BCUT2D eigenvalue weighted by Gasteiger charge is -2.20. The van der Waals surface area contributed by atoms with Gasteiger partial charge in [-0.2, -0.15) is 4.98 Å². The molecule has 0 bridgehead atoms. The maximum Gasteiger partial charge on any atom is 0.251 e. The molecule has 1 saturated carbocycles. The number of carbonyl (C=O) groups is 2. The molecule has 8 nitrogen and oxygen atoms in total. The lowest BCUT2D eigenvalue weighted by atomic mass is 10.0. The highest BCUT2D eigenvalue weighted by atomic mass is 16.2. The highest BCUT2D eigenvalue weighted by Gasteiger charge is 2.32. The van der Waals surface area contributed by atoms with E-state index in [1.165, 1.54) is 5.56 Å². The molecular formula is C26H30N6O2. The van der Waals surface area contributed by atoms with Gasteiger partial charge in [0.2, 0.25) is 11.9 Å². The van der Waals surface area contributed by atoms with Crippen LogP contribution >= 0.6 is 0 Å². The number of carbonyl (C=O) groups excluding carboxylic acids is 2. The van der Waals surface area contributed by atoms with Crippen LogP contribution in [-0.2, 0) is 11.2 Å². The average Bonchev–Trinajstić information content (AvgIpc) is 3.31. The van der Waals surface area contributed by atoms with E-state index in [1.54, 1.807) is 18.3 Å². The van der Waals surface area contributed by atoms with E-state index < -0.39 is 0 Å². The zero-order valence-electron chi connectivity index (χ0n) is 19.3. The smallest absolute Gasteiger partial charge is 0.251 e. The largest absolute Gasteiger partial charge is 0.369 e. The molecule has 1 aromatic heterocycles. The molecule has 1 aliphatic rings. The summed E-state index contributed by atoms with van der Waals surface area (Å²) in [4.78, 5) is 33.1. The first-order chi connectivity index (χ1) is 16.5. The number of aromatic nitrogens is 2. The van der Waals surface area contributed by atoms with Crippen molar-refractivity contribution in [3.8, 4) is 0 Å². The highest BCUT2D eigenvalue weighted by Crippen LogP contribution is 2.29. The van der Waals surface area contributed by atoms with Crippen molar-refractivity contribution < 1.29 is 9.59 Å². The van der Waals surface area contributed by atoms with Crippen LogP contribution < -0.4 is 21.7 Å². The number of anilines is 3. The van der Waals surface area contributed by atoms with Crippen LogP contribution in [0.3, 0.4) is 0 Å². The average molecular weight is 459 g/mol. The van der Waals surface area contributed by atoms with Crippen LogP contribution in [0.4, 0.5) is 17.5 Å². The molecule has 0 aliphatic heterocycles. The van der Waals surface area contributed by atoms with Gasteiger partial charge in [0.15, 0.2) is 0 Å². The van der Waals surface area contributed by atoms with Crippen molar-refractivity contribution in [3.05, 3.63) is 77.5 Å². The number of hydrogen-bond acceptors (Lipinski definition) is 6. The third kappa shape index (κ3) is 5.89. The second-order valence-corrected chi connectivity index (χ2v) is 8.61. The van der Waals surface area contributed by atoms with Crippen molar-refractivity contribution in [2.75, 3.05) is 17.2 Å². The lowest BCUT2D eigenvalue weighted by Crippen LogP contribution is -2.34. The van der Waals surface area contributed by atoms with Crippen molar-refractivity contribution >= 4 is 29.3 Å². The number of hydrogen-bond donors (Lipinski definition) is 4. The van der Waals surface area contributed by atoms with E-state index in [0.29, 0.717) is 23.9 Å². The van der Waals surface area contributed by atoms with Gasteiger partial charge < -0.3 is 21.7 Å². The van der Waals surface area contributed by atoms with Crippen molar-refractivity contribution in [1.82, 2.24) is 15.3 Å². The molecule has 1 fully saturated rings. The Morgan fingerprint density at radius 3 is 2.56 bits per heavy atom. The molecule has 2 aromatic carbocycles. The molecule has 176 valence electrons. The van der Waals surface area contributed by atoms with E-state index in [2.05, 4.69) is 25.9 Å². The molecule has 34 heavy (non-hydrogen) atoms. The van der Waals surface area contributed by atoms with E-state index in [0.717, 1.165) is 36.9 Å². The molecule has 4 rings (SSSR count). The topological polar surface area (TPSA) is 122 Å². The summed E-state index contributed by atoms with van der Waals surface area (Å²) in [6.45, 7) is 2.50. The Balaban J connectivity index is 1.34. The third-order valence-electron chi connectivity index (χ3n) is 6.12. The maximum atomic E-state index is 12.4. The minimum Gasteiger partial charge on any atom is -0.369 e. The van der Waals surface area contributed by atoms with Crippen LogP contribution in [0, 0.1) is 12.8 Å². The Labute approximate surface area is 199 Å². The van der Waals surface area contributed by atoms with E-state index in [9.17, 15) is 9.59 Å². The molecule has 2 amide bonds. The first-order valence-electron chi connectivity index (χ1n) is 11.6. The van der Waals surface area contributed by atoms with Crippen LogP contribution in [0.1, 0.15) is 40.7 Å². The molecule has 0 saturated heterocycles. The summed E-state index contributed by atoms with van der Waals surface area (Å²) in [5, 5.41) is 9.50. The number of aryl methyl sites for hydroxylation is 1. The Morgan fingerprint density at radius 1 is 1.06 bits per heavy atom. The van der Waals surface area contributed by atoms with Gasteiger partial charge in [0.1, 0.15) is 5.82 Å². The van der Waals surface area contributed by atoms with Gasteiger partial charge in [0.25, 0.3) is 5.91 Å². The SMILES string of the molecule is Cc1cnc(Nc2ccc(C(=O)NCCc3ccccc3)cc2)nc1N[C@@H]1CCC[C@@H]1C(N)=O. The number of amides is 2. The molecular weight excluding hydrogens is 428 g/mol. The Hall–Kier alpha value is -3.94. The van der Waals surface area contributed by atoms with Crippen molar-refractivity contribution in [1.29, 1.82) is 0 Å². The molecule has 8 heteroatoms. The fourth-order valence-corrected chi connectivity index (χ4v) is 4.20. The quantitative estimate of drug-likeness (QED) is 0.389. The first kappa shape index (κ1) is 23.2. The lowest BCUT2D eigenvalue weighted by molar-refractivity contribution is -0.121. The Kier molecular flexibility index (Phi) is 7.37. The monoisotopic (exact) mass is 458 g/mol. The molecule has 0 unspecified atom stereocenters. The van der Waals surface area contributed by atoms with Gasteiger partial charge in [-0.15, -0.1) is 0 Å². The number of rotatable bonds is 9. The zero-order chi connectivity index (χ0) is 23.9. The number of nitrogens with zero attached hydrogens (tertiary/aromatic N) is 2. The second kappa shape index (κ2) is 10.8. The van der Waals surface area contributed by atoms with Crippen LogP contribution in [0.2, 0.25) is 0 Å². The van der Waals surface area contributed by atoms with E-state index in [4.69, 9.17) is 5.73 Å². The zero-order valence-corrected chi connectivity index (χ0v) is 19.3. The van der Waals surface area contributed by atoms with Crippen LogP contribution in [0.25, 0.3) is 0 Å². The van der Waals surface area contributed by atoms with Gasteiger partial charge in [0, 0.05) is 35.6 Å². The molecule has 5 N–H and O–H groups in total. The number of nitrogens with two attached hydrogens (primary N) is 1. The molecule has 0 spiro atoms. The summed E-state index contributed by atoms with van der Waals surface area (Å²) in [7, 11) is 0. The van der Waals surface area contributed by atoms with Crippen molar-refractivity contribution in [2.24, 2.45) is 11.7 Å². The maximum absolute atomic E-state index is 12.4. The number of nitrogens with one attached hydrogen (secondary N) is 3. The standard InChI is InChI=1S/C26H30N6O2/c1-17-16-29-26(32-24(17)31-22-9-5-8-21(22)23(27)33)30-20-12-10-19(11-13-20)25(34)28-15-14-18-6-3-2-4-7-18/h2-4,6-7,10-13,16,21-22H,5,8-9,14-15H2,1H3,(H2,27,33)(H,28,34)(H2,29,30,31,32)/t21-,22+/m0/s1. The first-order valence-corrected chi connectivity index (χ1v) is 11.6. The second-order valence-electron chi connectivity index (χ2n) is 8.61. The summed E-state index contributed by atoms with van der Waals surface area (Å²) in [6, 6.07) is 17.2. The predicted molar refractivity (Wildman–Crippen MR) is 133 cm³/mol. The van der Waals surface area contributed by atoms with Gasteiger partial charge in [0.05, 0.1) is 5.92 Å². The van der Waals surface area contributed by atoms with E-state index in [-0.39, 0.29) is 23.8 Å². The normalized spacial score (nSPS) is 17.2. The summed E-state index contributed by atoms with van der Waals surface area (Å²) in [5.41, 5.74) is 8.98. The number of benzene rings is 2. The summed E-state index contributed by atoms with van der Waals surface area (Å²) in [6.07, 6.45) is 5.17.